The van der Waals surface area contributed by atoms with Crippen LogP contribution in [0.3, 0.4) is 0 Å². The van der Waals surface area contributed by atoms with Gasteiger partial charge in [0.25, 0.3) is 5.69 Å². The standard InChI is InChI=1S/C19H19N3O5S2/c1-27-18-5-3-2-4-16(18)21-17-12-29(25,26)11-15(17)20-19(21)28-10-13-6-8-14(9-7-13)22(23)24/h2-9,15,17H,10-12H2,1H3/t15-,17+/m0/s1. The first-order chi connectivity index (χ1) is 13.9. The Hall–Kier alpha value is -2.59. The number of ether oxygens (including phenoxy) is 1. The minimum atomic E-state index is -3.13. The Balaban J connectivity index is 1.61. The third kappa shape index (κ3) is 3.95. The molecule has 2 aliphatic rings. The van der Waals surface area contributed by atoms with E-state index in [4.69, 9.17) is 9.73 Å². The Kier molecular flexibility index (Phi) is 5.22. The summed E-state index contributed by atoms with van der Waals surface area (Å²) in [5, 5.41) is 11.6. The zero-order chi connectivity index (χ0) is 20.6. The molecule has 0 aliphatic carbocycles. The van der Waals surface area contributed by atoms with Gasteiger partial charge < -0.3 is 9.64 Å². The monoisotopic (exact) mass is 433 g/mol. The lowest BCUT2D eigenvalue weighted by molar-refractivity contribution is -0.384. The van der Waals surface area contributed by atoms with Gasteiger partial charge >= 0.3 is 0 Å². The largest absolute Gasteiger partial charge is 0.495 e. The number of nitro benzene ring substituents is 1. The van der Waals surface area contributed by atoms with Gasteiger partial charge in [0.2, 0.25) is 0 Å². The van der Waals surface area contributed by atoms with Crippen molar-refractivity contribution in [1.29, 1.82) is 0 Å². The minimum Gasteiger partial charge on any atom is -0.495 e. The van der Waals surface area contributed by atoms with Crippen molar-refractivity contribution in [3.8, 4) is 5.75 Å². The topological polar surface area (TPSA) is 102 Å². The first kappa shape index (κ1) is 19.7. The van der Waals surface area contributed by atoms with Gasteiger partial charge in [0.1, 0.15) is 5.75 Å². The molecule has 2 aromatic carbocycles. The summed E-state index contributed by atoms with van der Waals surface area (Å²) in [5.74, 6) is 1.32. The van der Waals surface area contributed by atoms with Crippen LogP contribution in [0.4, 0.5) is 11.4 Å². The first-order valence-corrected chi connectivity index (χ1v) is 11.8. The highest BCUT2D eigenvalue weighted by atomic mass is 32.2. The fourth-order valence-electron chi connectivity index (χ4n) is 3.61. The second-order valence-electron chi connectivity index (χ2n) is 6.88. The molecule has 1 saturated heterocycles. The predicted octanol–water partition coefficient (Wildman–Crippen LogP) is 2.88. The lowest BCUT2D eigenvalue weighted by Gasteiger charge is -2.27. The van der Waals surface area contributed by atoms with E-state index in [0.717, 1.165) is 16.4 Å². The van der Waals surface area contributed by atoms with Gasteiger partial charge in [-0.05, 0) is 17.7 Å². The molecule has 10 heteroatoms. The highest BCUT2D eigenvalue weighted by Gasteiger charge is 2.47. The molecule has 0 radical (unpaired) electrons. The number of para-hydroxylation sites is 2. The molecule has 29 heavy (non-hydrogen) atoms. The molecule has 8 nitrogen and oxygen atoms in total. The maximum atomic E-state index is 12.2. The van der Waals surface area contributed by atoms with Gasteiger partial charge in [-0.25, -0.2) is 8.42 Å². The van der Waals surface area contributed by atoms with Crippen LogP contribution in [-0.2, 0) is 15.6 Å². The normalized spacial score (nSPS) is 22.2. The van der Waals surface area contributed by atoms with Gasteiger partial charge in [-0.1, -0.05) is 36.0 Å². The van der Waals surface area contributed by atoms with Crippen molar-refractivity contribution in [2.24, 2.45) is 4.99 Å². The zero-order valence-corrected chi connectivity index (χ0v) is 17.2. The number of non-ortho nitro benzene ring substituents is 1. The Bertz CT molecular complexity index is 1070. The number of nitrogens with zero attached hydrogens (tertiary/aromatic N) is 3. The zero-order valence-electron chi connectivity index (χ0n) is 15.6. The number of nitro groups is 1. The molecule has 2 aromatic rings. The molecule has 0 saturated carbocycles. The number of benzene rings is 2. The highest BCUT2D eigenvalue weighted by Crippen LogP contribution is 2.39. The van der Waals surface area contributed by atoms with Crippen LogP contribution < -0.4 is 9.64 Å². The van der Waals surface area contributed by atoms with E-state index in [1.165, 1.54) is 23.9 Å². The Labute approximate surface area is 172 Å². The summed E-state index contributed by atoms with van der Waals surface area (Å²) in [4.78, 5) is 17.1. The van der Waals surface area contributed by atoms with Gasteiger partial charge in [-0.15, -0.1) is 0 Å². The number of fused-ring (bicyclic) bond motifs is 1. The molecule has 2 heterocycles. The van der Waals surface area contributed by atoms with Crippen LogP contribution in [-0.4, -0.2) is 49.2 Å². The van der Waals surface area contributed by atoms with Crippen molar-refractivity contribution < 1.29 is 18.1 Å². The molecule has 0 amide bonds. The Morgan fingerprint density at radius 2 is 1.93 bits per heavy atom. The van der Waals surface area contributed by atoms with Crippen molar-refractivity contribution in [3.63, 3.8) is 0 Å². The predicted molar refractivity (Wildman–Crippen MR) is 114 cm³/mol. The molecule has 0 aromatic heterocycles. The second-order valence-corrected chi connectivity index (χ2v) is 9.97. The molecular formula is C19H19N3O5S2. The van der Waals surface area contributed by atoms with Crippen LogP contribution in [0.5, 0.6) is 5.75 Å². The van der Waals surface area contributed by atoms with Gasteiger partial charge in [0.05, 0.1) is 41.3 Å². The van der Waals surface area contributed by atoms with E-state index in [1.807, 2.05) is 29.2 Å². The van der Waals surface area contributed by atoms with Gasteiger partial charge in [0.15, 0.2) is 15.0 Å². The molecule has 0 N–H and O–H groups in total. The minimum absolute atomic E-state index is 0.0465. The fraction of sp³-hybridized carbons (Fsp3) is 0.316. The van der Waals surface area contributed by atoms with Crippen molar-refractivity contribution in [2.75, 3.05) is 23.5 Å². The summed E-state index contributed by atoms with van der Waals surface area (Å²) in [6.07, 6.45) is 0. The summed E-state index contributed by atoms with van der Waals surface area (Å²) in [6, 6.07) is 13.3. The molecule has 1 fully saturated rings. The number of hydrogen-bond donors (Lipinski definition) is 0. The molecule has 0 unspecified atom stereocenters. The van der Waals surface area contributed by atoms with E-state index in [0.29, 0.717) is 11.5 Å². The van der Waals surface area contributed by atoms with Crippen molar-refractivity contribution in [2.45, 2.75) is 17.8 Å². The molecule has 2 aliphatic heterocycles. The number of hydrogen-bond acceptors (Lipinski definition) is 8. The number of sulfone groups is 1. The average molecular weight is 434 g/mol. The summed E-state index contributed by atoms with van der Waals surface area (Å²) in [6.45, 7) is 0. The average Bonchev–Trinajstić information content (AvgIpc) is 3.17. The van der Waals surface area contributed by atoms with Crippen LogP contribution in [0, 0.1) is 10.1 Å². The first-order valence-electron chi connectivity index (χ1n) is 8.94. The molecule has 0 bridgehead atoms. The van der Waals surface area contributed by atoms with E-state index >= 15 is 0 Å². The van der Waals surface area contributed by atoms with Gasteiger partial charge in [-0.2, -0.15) is 0 Å². The molecule has 0 spiro atoms. The molecular weight excluding hydrogens is 414 g/mol. The van der Waals surface area contributed by atoms with Crippen molar-refractivity contribution in [1.82, 2.24) is 0 Å². The SMILES string of the molecule is COc1ccccc1N1C(SCc2ccc([N+](=O)[O-])cc2)=N[C@H]2CS(=O)(=O)C[C@H]21. The van der Waals surface area contributed by atoms with E-state index in [9.17, 15) is 18.5 Å². The third-order valence-corrected chi connectivity index (χ3v) is 7.70. The van der Waals surface area contributed by atoms with Crippen LogP contribution in [0.25, 0.3) is 0 Å². The van der Waals surface area contributed by atoms with E-state index in [1.54, 1.807) is 19.2 Å². The number of rotatable bonds is 5. The third-order valence-electron chi connectivity index (χ3n) is 4.97. The fourth-order valence-corrected chi connectivity index (χ4v) is 6.52. The number of thioether (sulfide) groups is 1. The molecule has 152 valence electrons. The van der Waals surface area contributed by atoms with Crippen LogP contribution in [0.2, 0.25) is 0 Å². The number of amidine groups is 1. The summed E-state index contributed by atoms with van der Waals surface area (Å²) in [5.41, 5.74) is 1.76. The number of aliphatic imine (C=N–C) groups is 1. The van der Waals surface area contributed by atoms with Crippen molar-refractivity contribution >= 4 is 38.1 Å². The smallest absolute Gasteiger partial charge is 0.269 e. The second kappa shape index (κ2) is 7.68. The number of anilines is 1. The molecule has 2 atom stereocenters. The lowest BCUT2D eigenvalue weighted by Crippen LogP contribution is -2.39. The van der Waals surface area contributed by atoms with Gasteiger partial charge in [0, 0.05) is 17.9 Å². The Morgan fingerprint density at radius 3 is 2.62 bits per heavy atom. The maximum absolute atomic E-state index is 12.2. The Morgan fingerprint density at radius 1 is 1.21 bits per heavy atom. The highest BCUT2D eigenvalue weighted by molar-refractivity contribution is 8.13. The summed E-state index contributed by atoms with van der Waals surface area (Å²) in [7, 11) is -1.55. The number of methoxy groups -OCH3 is 1. The van der Waals surface area contributed by atoms with Crippen LogP contribution >= 0.6 is 11.8 Å². The van der Waals surface area contributed by atoms with Crippen molar-refractivity contribution in [3.05, 3.63) is 64.2 Å². The summed E-state index contributed by atoms with van der Waals surface area (Å²) < 4.78 is 29.8. The van der Waals surface area contributed by atoms with E-state index in [-0.39, 0.29) is 29.3 Å². The van der Waals surface area contributed by atoms with E-state index in [2.05, 4.69) is 0 Å². The summed E-state index contributed by atoms with van der Waals surface area (Å²) >= 11 is 1.49. The molecule has 4 rings (SSSR count). The van der Waals surface area contributed by atoms with Crippen LogP contribution in [0.15, 0.2) is 53.5 Å². The van der Waals surface area contributed by atoms with Crippen LogP contribution in [0.1, 0.15) is 5.56 Å². The lowest BCUT2D eigenvalue weighted by atomic mass is 10.1. The van der Waals surface area contributed by atoms with E-state index < -0.39 is 14.8 Å². The van der Waals surface area contributed by atoms with Gasteiger partial charge in [-0.3, -0.25) is 15.1 Å². The quantitative estimate of drug-likeness (QED) is 0.528. The maximum Gasteiger partial charge on any atom is 0.269 e.